The van der Waals surface area contributed by atoms with Crippen molar-refractivity contribution in [3.05, 3.63) is 87.3 Å². The zero-order chi connectivity index (χ0) is 20.5. The van der Waals surface area contributed by atoms with Crippen LogP contribution in [0.25, 0.3) is 29.2 Å². The summed E-state index contributed by atoms with van der Waals surface area (Å²) in [5.41, 5.74) is 2.90. The van der Waals surface area contributed by atoms with Gasteiger partial charge >= 0.3 is 0 Å². The minimum Gasteiger partial charge on any atom is -0.370 e. The summed E-state index contributed by atoms with van der Waals surface area (Å²) in [4.78, 5) is 14.6. The molecule has 0 bridgehead atoms. The van der Waals surface area contributed by atoms with Crippen LogP contribution in [0.2, 0.25) is 0 Å². The van der Waals surface area contributed by atoms with Crippen LogP contribution in [-0.4, -0.2) is 40.7 Å². The van der Waals surface area contributed by atoms with Crippen LogP contribution in [0.15, 0.2) is 65.6 Å². The number of quaternary nitrogens is 1. The van der Waals surface area contributed by atoms with Crippen LogP contribution in [0.3, 0.4) is 0 Å². The number of para-hydroxylation sites is 2. The maximum atomic E-state index is 13.1. The van der Waals surface area contributed by atoms with Crippen LogP contribution in [0.5, 0.6) is 0 Å². The Bertz CT molecular complexity index is 1340. The largest absolute Gasteiger partial charge is 0.370 e. The maximum absolute atomic E-state index is 13.1. The highest BCUT2D eigenvalue weighted by molar-refractivity contribution is 5.89. The minimum absolute atomic E-state index is 0.0955. The van der Waals surface area contributed by atoms with Gasteiger partial charge in [0.15, 0.2) is 6.67 Å². The molecule has 2 N–H and O–H groups in total. The molecule has 5 rings (SSSR count). The molecule has 0 saturated carbocycles. The normalized spacial score (nSPS) is 15.8. The van der Waals surface area contributed by atoms with Gasteiger partial charge in [0.2, 0.25) is 0 Å². The zero-order valence-corrected chi connectivity index (χ0v) is 16.8. The van der Waals surface area contributed by atoms with E-state index in [0.717, 1.165) is 49.6 Å². The van der Waals surface area contributed by atoms with Gasteiger partial charge in [-0.3, -0.25) is 14.5 Å². The van der Waals surface area contributed by atoms with E-state index in [1.165, 1.54) is 10.4 Å². The summed E-state index contributed by atoms with van der Waals surface area (Å²) in [5.74, 6) is 0. The minimum atomic E-state index is -0.0955. The van der Waals surface area contributed by atoms with Crippen molar-refractivity contribution in [1.29, 1.82) is 0 Å². The Hall–Kier alpha value is -3.35. The quantitative estimate of drug-likeness (QED) is 0.515. The molecule has 152 valence electrons. The number of hydrogen-bond acceptors (Lipinski definition) is 2. The Balaban J connectivity index is 1.61. The number of nitrogens with one attached hydrogen (secondary N) is 2. The molecule has 1 fully saturated rings. The predicted octanol–water partition coefficient (Wildman–Crippen LogP) is 0.232. The molecule has 0 amide bonds. The Labute approximate surface area is 173 Å². The number of nitrogens with zero attached hydrogens (tertiary/aromatic N) is 2. The van der Waals surface area contributed by atoms with E-state index in [1.807, 2.05) is 42.5 Å². The third kappa shape index (κ3) is 3.40. The van der Waals surface area contributed by atoms with Gasteiger partial charge in [-0.05, 0) is 24.3 Å². The number of aromatic nitrogens is 3. The highest BCUT2D eigenvalue weighted by Crippen LogP contribution is 2.21. The standard InChI is InChI=1S/C24H24N4O2/c1-18-22(24(29)28(25-18)20-7-3-2-4-8-20)15-19-16-27(17-26-11-13-30-14-12-26)23-10-6-5-9-21(19)23/h2-10,15-16,25H,1,11-14,17H2/p+1/b22-15-. The van der Waals surface area contributed by atoms with Crippen molar-refractivity contribution >= 4 is 23.6 Å². The van der Waals surface area contributed by atoms with Crippen molar-refractivity contribution in [2.45, 2.75) is 6.67 Å². The van der Waals surface area contributed by atoms with Crippen molar-refractivity contribution < 1.29 is 9.64 Å². The summed E-state index contributed by atoms with van der Waals surface area (Å²) in [7, 11) is 0. The fourth-order valence-electron chi connectivity index (χ4n) is 4.14. The van der Waals surface area contributed by atoms with E-state index < -0.39 is 0 Å². The Morgan fingerprint density at radius 2 is 1.80 bits per heavy atom. The first kappa shape index (κ1) is 18.7. The molecule has 0 radical (unpaired) electrons. The third-order valence-corrected chi connectivity index (χ3v) is 5.73. The van der Waals surface area contributed by atoms with E-state index in [0.29, 0.717) is 10.6 Å². The Morgan fingerprint density at radius 3 is 2.60 bits per heavy atom. The van der Waals surface area contributed by atoms with Gasteiger partial charge in [-0.25, -0.2) is 4.68 Å². The summed E-state index contributed by atoms with van der Waals surface area (Å²) in [5, 5.41) is 5.44. The number of morpholine rings is 1. The summed E-state index contributed by atoms with van der Waals surface area (Å²) in [6, 6.07) is 17.9. The van der Waals surface area contributed by atoms with Crippen LogP contribution >= 0.6 is 0 Å². The van der Waals surface area contributed by atoms with Gasteiger partial charge in [-0.1, -0.05) is 43.0 Å². The van der Waals surface area contributed by atoms with E-state index in [4.69, 9.17) is 4.74 Å². The lowest BCUT2D eigenvalue weighted by Gasteiger charge is -2.24. The number of benzene rings is 2. The lowest BCUT2D eigenvalue weighted by atomic mass is 10.1. The SMILES string of the molecule is C=c1[nH]n(-c2ccccc2)c(=O)/c1=C\c1cn(C[NH+]2CCOCC2)c2ccccc12. The number of hydrogen-bond donors (Lipinski definition) is 2. The molecule has 3 heterocycles. The molecule has 2 aromatic carbocycles. The molecule has 2 aromatic heterocycles. The van der Waals surface area contributed by atoms with Crippen LogP contribution in [0, 0.1) is 0 Å². The molecule has 1 saturated heterocycles. The highest BCUT2D eigenvalue weighted by Gasteiger charge is 2.16. The van der Waals surface area contributed by atoms with Gasteiger partial charge in [-0.2, -0.15) is 0 Å². The van der Waals surface area contributed by atoms with Gasteiger partial charge < -0.3 is 9.64 Å². The van der Waals surface area contributed by atoms with E-state index in [1.54, 1.807) is 4.68 Å². The van der Waals surface area contributed by atoms with E-state index in [9.17, 15) is 4.79 Å². The molecule has 30 heavy (non-hydrogen) atoms. The molecule has 0 aliphatic carbocycles. The average Bonchev–Trinajstić information content (AvgIpc) is 3.27. The maximum Gasteiger partial charge on any atom is 0.279 e. The van der Waals surface area contributed by atoms with Gasteiger partial charge in [0.1, 0.15) is 13.1 Å². The lowest BCUT2D eigenvalue weighted by Crippen LogP contribution is -3.13. The van der Waals surface area contributed by atoms with Crippen molar-refractivity contribution in [3.63, 3.8) is 0 Å². The highest BCUT2D eigenvalue weighted by atomic mass is 16.5. The summed E-state index contributed by atoms with van der Waals surface area (Å²) in [6.07, 6.45) is 4.10. The first-order chi connectivity index (χ1) is 14.7. The summed E-state index contributed by atoms with van der Waals surface area (Å²) < 4.78 is 9.32. The molecular formula is C24H25N4O2+. The van der Waals surface area contributed by atoms with E-state index in [2.05, 4.69) is 40.6 Å². The monoisotopic (exact) mass is 401 g/mol. The fraction of sp³-hybridized carbons (Fsp3) is 0.208. The second-order valence-electron chi connectivity index (χ2n) is 7.72. The van der Waals surface area contributed by atoms with E-state index >= 15 is 0 Å². The average molecular weight is 401 g/mol. The van der Waals surface area contributed by atoms with Crippen molar-refractivity contribution in [2.24, 2.45) is 0 Å². The smallest absolute Gasteiger partial charge is 0.279 e. The van der Waals surface area contributed by atoms with E-state index in [-0.39, 0.29) is 5.56 Å². The molecule has 1 aliphatic rings. The summed E-state index contributed by atoms with van der Waals surface area (Å²) in [6.45, 7) is 8.59. The van der Waals surface area contributed by atoms with Crippen molar-refractivity contribution in [2.75, 3.05) is 26.3 Å². The predicted molar refractivity (Wildman–Crippen MR) is 118 cm³/mol. The van der Waals surface area contributed by atoms with Gasteiger partial charge in [0.05, 0.1) is 35.0 Å². The molecule has 0 spiro atoms. The van der Waals surface area contributed by atoms with Crippen LogP contribution in [-0.2, 0) is 11.4 Å². The summed E-state index contributed by atoms with van der Waals surface area (Å²) >= 11 is 0. The topological polar surface area (TPSA) is 56.4 Å². The number of H-pyrrole nitrogens is 1. The zero-order valence-electron chi connectivity index (χ0n) is 16.8. The molecular weight excluding hydrogens is 376 g/mol. The lowest BCUT2D eigenvalue weighted by molar-refractivity contribution is -0.929. The van der Waals surface area contributed by atoms with Gasteiger partial charge in [0, 0.05) is 17.1 Å². The number of fused-ring (bicyclic) bond motifs is 1. The fourth-order valence-corrected chi connectivity index (χ4v) is 4.14. The second-order valence-corrected chi connectivity index (χ2v) is 7.72. The number of ether oxygens (including phenoxy) is 1. The first-order valence-corrected chi connectivity index (χ1v) is 10.3. The van der Waals surface area contributed by atoms with Crippen LogP contribution < -0.4 is 21.0 Å². The first-order valence-electron chi connectivity index (χ1n) is 10.3. The molecule has 6 heteroatoms. The molecule has 1 aliphatic heterocycles. The number of aromatic amines is 1. The van der Waals surface area contributed by atoms with Gasteiger partial charge in [0.25, 0.3) is 5.56 Å². The molecule has 4 aromatic rings. The molecule has 0 atom stereocenters. The number of rotatable bonds is 4. The molecule has 0 unspecified atom stereocenters. The van der Waals surface area contributed by atoms with Crippen molar-refractivity contribution in [3.8, 4) is 5.69 Å². The Morgan fingerprint density at radius 1 is 1.07 bits per heavy atom. The second kappa shape index (κ2) is 7.82. The van der Waals surface area contributed by atoms with Crippen LogP contribution in [0.4, 0.5) is 0 Å². The molecule has 6 nitrogen and oxygen atoms in total. The Kier molecular flexibility index (Phi) is 4.86. The van der Waals surface area contributed by atoms with Crippen LogP contribution in [0.1, 0.15) is 5.56 Å². The third-order valence-electron chi connectivity index (χ3n) is 5.73. The van der Waals surface area contributed by atoms with Gasteiger partial charge in [-0.15, -0.1) is 0 Å². The van der Waals surface area contributed by atoms with Crippen molar-refractivity contribution in [1.82, 2.24) is 14.3 Å².